The van der Waals surface area contributed by atoms with E-state index in [1.54, 1.807) is 31.4 Å². The second-order valence-corrected chi connectivity index (χ2v) is 6.71. The van der Waals surface area contributed by atoms with Crippen molar-refractivity contribution in [3.8, 4) is 17.2 Å². The number of aromatic nitrogens is 2. The molecule has 2 aromatic carbocycles. The standard InChI is InChI=1S/C18H16ClN3O3S/c1-24-15-5-3-2-4-14(15)17-21-22-18(25-17)26-11-10-16(23)20-13-8-6-12(19)7-9-13/h2-9H,10-11H2,1H3,(H,20,23). The minimum Gasteiger partial charge on any atom is -0.496 e. The fourth-order valence-corrected chi connectivity index (χ4v) is 3.01. The molecule has 3 rings (SSSR count). The third kappa shape index (κ3) is 4.77. The Hall–Kier alpha value is -2.51. The van der Waals surface area contributed by atoms with Crippen LogP contribution in [0.4, 0.5) is 5.69 Å². The van der Waals surface area contributed by atoms with Crippen LogP contribution >= 0.6 is 23.4 Å². The first-order chi connectivity index (χ1) is 12.7. The lowest BCUT2D eigenvalue weighted by Gasteiger charge is -2.04. The number of nitrogens with zero attached hydrogens (tertiary/aromatic N) is 2. The Labute approximate surface area is 159 Å². The molecule has 0 saturated carbocycles. The topological polar surface area (TPSA) is 77.2 Å². The number of methoxy groups -OCH3 is 1. The van der Waals surface area contributed by atoms with Crippen LogP contribution in [0.2, 0.25) is 5.02 Å². The summed E-state index contributed by atoms with van der Waals surface area (Å²) < 4.78 is 10.9. The second kappa shape index (κ2) is 8.73. The predicted molar refractivity (Wildman–Crippen MR) is 102 cm³/mol. The summed E-state index contributed by atoms with van der Waals surface area (Å²) in [5.74, 6) is 1.47. The highest BCUT2D eigenvalue weighted by atomic mass is 35.5. The van der Waals surface area contributed by atoms with E-state index in [2.05, 4.69) is 15.5 Å². The number of nitrogens with one attached hydrogen (secondary N) is 1. The number of halogens is 1. The summed E-state index contributed by atoms with van der Waals surface area (Å²) in [6.45, 7) is 0. The number of amides is 1. The molecule has 0 aliphatic carbocycles. The number of hydrogen-bond donors (Lipinski definition) is 1. The molecule has 0 spiro atoms. The first-order valence-corrected chi connectivity index (χ1v) is 9.17. The minimum absolute atomic E-state index is 0.0933. The summed E-state index contributed by atoms with van der Waals surface area (Å²) >= 11 is 7.15. The molecule has 1 amide bonds. The molecule has 0 atom stereocenters. The molecule has 0 bridgehead atoms. The van der Waals surface area contributed by atoms with Gasteiger partial charge in [-0.15, -0.1) is 10.2 Å². The number of rotatable bonds is 7. The smallest absolute Gasteiger partial charge is 0.276 e. The van der Waals surface area contributed by atoms with Crippen LogP contribution in [0.5, 0.6) is 5.75 Å². The van der Waals surface area contributed by atoms with Crippen LogP contribution in [-0.2, 0) is 4.79 Å². The first-order valence-electron chi connectivity index (χ1n) is 7.81. The first kappa shape index (κ1) is 18.3. The normalized spacial score (nSPS) is 10.5. The number of carbonyl (C=O) groups excluding carboxylic acids is 1. The van der Waals surface area contributed by atoms with Crippen LogP contribution in [-0.4, -0.2) is 29.0 Å². The van der Waals surface area contributed by atoms with Crippen LogP contribution in [0, 0.1) is 0 Å². The maximum atomic E-state index is 12.0. The van der Waals surface area contributed by atoms with Gasteiger partial charge in [0.05, 0.1) is 12.7 Å². The van der Waals surface area contributed by atoms with Crippen LogP contribution in [0.25, 0.3) is 11.5 Å². The average Bonchev–Trinajstić information content (AvgIpc) is 3.12. The summed E-state index contributed by atoms with van der Waals surface area (Å²) in [5.41, 5.74) is 1.44. The Balaban J connectivity index is 1.52. The van der Waals surface area contributed by atoms with Gasteiger partial charge in [0.25, 0.3) is 11.1 Å². The number of ether oxygens (including phenoxy) is 1. The zero-order valence-electron chi connectivity index (χ0n) is 13.9. The van der Waals surface area contributed by atoms with Gasteiger partial charge < -0.3 is 14.5 Å². The van der Waals surface area contributed by atoms with Gasteiger partial charge in [-0.05, 0) is 36.4 Å². The fraction of sp³-hybridized carbons (Fsp3) is 0.167. The van der Waals surface area contributed by atoms with E-state index in [4.69, 9.17) is 20.8 Å². The van der Waals surface area contributed by atoms with Crippen molar-refractivity contribution in [2.24, 2.45) is 0 Å². The van der Waals surface area contributed by atoms with E-state index in [0.717, 1.165) is 5.56 Å². The molecule has 1 N–H and O–H groups in total. The molecule has 6 nitrogen and oxygen atoms in total. The van der Waals surface area contributed by atoms with Crippen LogP contribution in [0.3, 0.4) is 0 Å². The Morgan fingerprint density at radius 1 is 1.19 bits per heavy atom. The van der Waals surface area contributed by atoms with Crippen molar-refractivity contribution in [1.29, 1.82) is 0 Å². The van der Waals surface area contributed by atoms with E-state index < -0.39 is 0 Å². The van der Waals surface area contributed by atoms with Crippen molar-refractivity contribution in [1.82, 2.24) is 10.2 Å². The molecular weight excluding hydrogens is 374 g/mol. The highest BCUT2D eigenvalue weighted by Gasteiger charge is 2.13. The van der Waals surface area contributed by atoms with Crippen LogP contribution in [0.15, 0.2) is 58.2 Å². The zero-order chi connectivity index (χ0) is 18.4. The molecule has 8 heteroatoms. The maximum Gasteiger partial charge on any atom is 0.276 e. The Bertz CT molecular complexity index is 883. The lowest BCUT2D eigenvalue weighted by atomic mass is 10.2. The molecular formula is C18H16ClN3O3S. The lowest BCUT2D eigenvalue weighted by Crippen LogP contribution is -2.11. The summed E-state index contributed by atoms with van der Waals surface area (Å²) in [6, 6.07) is 14.4. The van der Waals surface area contributed by atoms with Gasteiger partial charge in [0.15, 0.2) is 0 Å². The van der Waals surface area contributed by atoms with Crippen molar-refractivity contribution in [3.05, 3.63) is 53.6 Å². The van der Waals surface area contributed by atoms with Crippen molar-refractivity contribution >= 4 is 35.0 Å². The van der Waals surface area contributed by atoms with E-state index in [9.17, 15) is 4.79 Å². The maximum absolute atomic E-state index is 12.0. The molecule has 3 aromatic rings. The third-order valence-electron chi connectivity index (χ3n) is 3.43. The van der Waals surface area contributed by atoms with Crippen LogP contribution in [0.1, 0.15) is 6.42 Å². The minimum atomic E-state index is -0.0933. The number of carbonyl (C=O) groups is 1. The van der Waals surface area contributed by atoms with Crippen molar-refractivity contribution < 1.29 is 13.9 Å². The summed E-state index contributed by atoms with van der Waals surface area (Å²) in [6.07, 6.45) is 0.319. The van der Waals surface area contributed by atoms with Gasteiger partial charge >= 0.3 is 0 Å². The second-order valence-electron chi connectivity index (χ2n) is 5.23. The molecule has 0 unspecified atom stereocenters. The summed E-state index contributed by atoms with van der Waals surface area (Å²) in [4.78, 5) is 12.0. The molecule has 134 valence electrons. The van der Waals surface area contributed by atoms with E-state index >= 15 is 0 Å². The predicted octanol–water partition coefficient (Wildman–Crippen LogP) is 4.52. The van der Waals surface area contributed by atoms with Gasteiger partial charge in [-0.3, -0.25) is 4.79 Å². The highest BCUT2D eigenvalue weighted by Crippen LogP contribution is 2.30. The molecule has 26 heavy (non-hydrogen) atoms. The van der Waals surface area contributed by atoms with E-state index in [-0.39, 0.29) is 5.91 Å². The molecule has 0 radical (unpaired) electrons. The van der Waals surface area contributed by atoms with Gasteiger partial charge in [0, 0.05) is 22.9 Å². The number of thioether (sulfide) groups is 1. The SMILES string of the molecule is COc1ccccc1-c1nnc(SCCC(=O)Nc2ccc(Cl)cc2)o1. The van der Waals surface area contributed by atoms with Gasteiger partial charge in [0.2, 0.25) is 5.91 Å². The van der Waals surface area contributed by atoms with E-state index in [1.807, 2.05) is 24.3 Å². The fourth-order valence-electron chi connectivity index (χ4n) is 2.19. The third-order valence-corrected chi connectivity index (χ3v) is 4.50. The van der Waals surface area contributed by atoms with Gasteiger partial charge in [0.1, 0.15) is 5.75 Å². The number of benzene rings is 2. The largest absolute Gasteiger partial charge is 0.496 e. The molecule has 0 fully saturated rings. The van der Waals surface area contributed by atoms with Gasteiger partial charge in [-0.1, -0.05) is 35.5 Å². The molecule has 1 heterocycles. The van der Waals surface area contributed by atoms with Gasteiger partial charge in [-0.25, -0.2) is 0 Å². The number of hydrogen-bond acceptors (Lipinski definition) is 6. The summed E-state index contributed by atoms with van der Waals surface area (Å²) in [5, 5.41) is 11.9. The molecule has 0 aliphatic heterocycles. The summed E-state index contributed by atoms with van der Waals surface area (Å²) in [7, 11) is 1.59. The molecule has 0 saturated heterocycles. The Morgan fingerprint density at radius 3 is 2.73 bits per heavy atom. The van der Waals surface area contributed by atoms with Gasteiger partial charge in [-0.2, -0.15) is 0 Å². The Morgan fingerprint density at radius 2 is 1.96 bits per heavy atom. The van der Waals surface area contributed by atoms with Crippen molar-refractivity contribution in [2.75, 3.05) is 18.2 Å². The van der Waals surface area contributed by atoms with Crippen molar-refractivity contribution in [3.63, 3.8) is 0 Å². The monoisotopic (exact) mass is 389 g/mol. The Kier molecular flexibility index (Phi) is 6.14. The molecule has 0 aliphatic rings. The van der Waals surface area contributed by atoms with Crippen LogP contribution < -0.4 is 10.1 Å². The zero-order valence-corrected chi connectivity index (χ0v) is 15.5. The van der Waals surface area contributed by atoms with Crippen molar-refractivity contribution in [2.45, 2.75) is 11.6 Å². The highest BCUT2D eigenvalue weighted by molar-refractivity contribution is 7.99. The number of para-hydroxylation sites is 1. The van der Waals surface area contributed by atoms with E-state index in [0.29, 0.717) is 39.7 Å². The molecule has 1 aromatic heterocycles. The number of anilines is 1. The quantitative estimate of drug-likeness (QED) is 0.598. The van der Waals surface area contributed by atoms with E-state index in [1.165, 1.54) is 11.8 Å². The lowest BCUT2D eigenvalue weighted by molar-refractivity contribution is -0.115. The average molecular weight is 390 g/mol.